The quantitative estimate of drug-likeness (QED) is 0.167. The molecule has 0 saturated heterocycles. The highest BCUT2D eigenvalue weighted by atomic mass is 32.2. The molecule has 4 nitrogen and oxygen atoms in total. The minimum Gasteiger partial charge on any atom is -0.323 e. The molecule has 0 radical (unpaired) electrons. The van der Waals surface area contributed by atoms with Crippen molar-refractivity contribution >= 4 is 20.9 Å². The summed E-state index contributed by atoms with van der Waals surface area (Å²) in [5.74, 6) is 0. The molecule has 0 spiro atoms. The highest BCUT2D eigenvalue weighted by molar-refractivity contribution is 7.86. The Balaban J connectivity index is 0.00000194. The van der Waals surface area contributed by atoms with E-state index in [0.717, 1.165) is 48.6 Å². The van der Waals surface area contributed by atoms with Crippen LogP contribution in [0.4, 0.5) is 0 Å². The third-order valence-electron chi connectivity index (χ3n) is 6.53. The van der Waals surface area contributed by atoms with Crippen LogP contribution in [-0.4, -0.2) is 27.1 Å². The van der Waals surface area contributed by atoms with Crippen LogP contribution in [0.2, 0.25) is 0 Å². The van der Waals surface area contributed by atoms with Crippen LogP contribution in [-0.2, 0) is 23.0 Å². The Kier molecular flexibility index (Phi) is 17.0. The molecule has 2 N–H and O–H groups in total. The summed E-state index contributed by atoms with van der Waals surface area (Å²) in [5.41, 5.74) is 1.96. The van der Waals surface area contributed by atoms with Crippen molar-refractivity contribution in [3.05, 3.63) is 41.5 Å². The lowest BCUT2D eigenvalue weighted by Crippen LogP contribution is -2.08. The van der Waals surface area contributed by atoms with Crippen LogP contribution in [0.1, 0.15) is 115 Å². The van der Waals surface area contributed by atoms with E-state index in [-0.39, 0.29) is 4.90 Å². The SMILES string of the molecule is CCCCCCCCCc1cc2ccccc2c(S(=O)(=O)O)c1CCCCCCCCC.CNC. The molecule has 0 aliphatic heterocycles. The van der Waals surface area contributed by atoms with Crippen molar-refractivity contribution < 1.29 is 13.0 Å². The predicted octanol–water partition coefficient (Wildman–Crippen LogP) is 8.51. The third-order valence-corrected chi connectivity index (χ3v) is 7.52. The molecule has 2 aromatic carbocycles. The maximum Gasteiger partial charge on any atom is 0.295 e. The van der Waals surface area contributed by atoms with E-state index in [9.17, 15) is 13.0 Å². The van der Waals surface area contributed by atoms with Gasteiger partial charge >= 0.3 is 0 Å². The molecule has 0 bridgehead atoms. The van der Waals surface area contributed by atoms with E-state index in [0.29, 0.717) is 5.39 Å². The Bertz CT molecular complexity index is 925. The van der Waals surface area contributed by atoms with E-state index < -0.39 is 10.1 Å². The smallest absolute Gasteiger partial charge is 0.295 e. The standard InChI is InChI=1S/C28H44O3S.C2H7N/c1-3-5-7-9-11-13-15-19-24-23-25-20-17-18-22-27(25)28(32(29,30)31)26(24)21-16-14-12-10-8-6-4-2;1-3-2/h17-18,20,22-23H,3-16,19,21H2,1-2H3,(H,29,30,31);3H,1-2H3. The number of nitrogens with one attached hydrogen (secondary N) is 1. The molecule has 0 unspecified atom stereocenters. The fourth-order valence-corrected chi connectivity index (χ4v) is 5.74. The highest BCUT2D eigenvalue weighted by Crippen LogP contribution is 2.32. The second-order valence-electron chi connectivity index (χ2n) is 9.78. The average molecular weight is 506 g/mol. The molecule has 200 valence electrons. The summed E-state index contributed by atoms with van der Waals surface area (Å²) in [5, 5.41) is 4.30. The summed E-state index contributed by atoms with van der Waals surface area (Å²) < 4.78 is 35.1. The number of fused-ring (bicyclic) bond motifs is 1. The lowest BCUT2D eigenvalue weighted by molar-refractivity contribution is 0.482. The fourth-order valence-electron chi connectivity index (χ4n) is 4.74. The van der Waals surface area contributed by atoms with Crippen molar-refractivity contribution in [3.63, 3.8) is 0 Å². The molecule has 2 rings (SSSR count). The van der Waals surface area contributed by atoms with Gasteiger partial charge in [-0.25, -0.2) is 0 Å². The lowest BCUT2D eigenvalue weighted by atomic mass is 9.93. The molecular formula is C30H51NO3S. The van der Waals surface area contributed by atoms with Gasteiger partial charge in [0, 0.05) is 5.39 Å². The maximum absolute atomic E-state index is 12.5. The Morgan fingerprint density at radius 3 is 1.69 bits per heavy atom. The molecule has 0 saturated carbocycles. The molecule has 2 aromatic rings. The number of aryl methyl sites for hydroxylation is 1. The topological polar surface area (TPSA) is 66.4 Å². The Hall–Kier alpha value is -1.43. The van der Waals surface area contributed by atoms with E-state index in [1.54, 1.807) is 0 Å². The van der Waals surface area contributed by atoms with Gasteiger partial charge in [-0.2, -0.15) is 8.42 Å². The van der Waals surface area contributed by atoms with Gasteiger partial charge in [-0.1, -0.05) is 121 Å². The van der Waals surface area contributed by atoms with Crippen LogP contribution >= 0.6 is 0 Å². The highest BCUT2D eigenvalue weighted by Gasteiger charge is 2.22. The summed E-state index contributed by atoms with van der Waals surface area (Å²) in [6.07, 6.45) is 18.6. The molecule has 35 heavy (non-hydrogen) atoms. The largest absolute Gasteiger partial charge is 0.323 e. The second-order valence-corrected chi connectivity index (χ2v) is 11.1. The minimum absolute atomic E-state index is 0.152. The van der Waals surface area contributed by atoms with Gasteiger partial charge in [-0.05, 0) is 56.3 Å². The molecule has 0 fully saturated rings. The van der Waals surface area contributed by atoms with Gasteiger partial charge in [-0.15, -0.1) is 0 Å². The van der Waals surface area contributed by atoms with Crippen molar-refractivity contribution in [2.75, 3.05) is 14.1 Å². The van der Waals surface area contributed by atoms with Crippen LogP contribution in [0.5, 0.6) is 0 Å². The van der Waals surface area contributed by atoms with Crippen LogP contribution in [0, 0.1) is 0 Å². The minimum atomic E-state index is -4.28. The third kappa shape index (κ3) is 12.4. The number of unbranched alkanes of at least 4 members (excludes halogenated alkanes) is 12. The zero-order chi connectivity index (χ0) is 25.9. The predicted molar refractivity (Wildman–Crippen MR) is 152 cm³/mol. The van der Waals surface area contributed by atoms with Gasteiger partial charge in [0.2, 0.25) is 0 Å². The first kappa shape index (κ1) is 31.6. The Morgan fingerprint density at radius 2 is 1.17 bits per heavy atom. The molecule has 0 aromatic heterocycles. The van der Waals surface area contributed by atoms with E-state index in [4.69, 9.17) is 0 Å². The first-order valence-corrected chi connectivity index (χ1v) is 15.4. The van der Waals surface area contributed by atoms with Gasteiger partial charge in [0.15, 0.2) is 0 Å². The van der Waals surface area contributed by atoms with Crippen LogP contribution in [0.25, 0.3) is 10.8 Å². The number of rotatable bonds is 17. The molecule has 0 aliphatic rings. The molecular weight excluding hydrogens is 454 g/mol. The summed E-state index contributed by atoms with van der Waals surface area (Å²) >= 11 is 0. The lowest BCUT2D eigenvalue weighted by Gasteiger charge is -2.17. The van der Waals surface area contributed by atoms with E-state index in [1.807, 2.05) is 38.4 Å². The van der Waals surface area contributed by atoms with Gasteiger partial charge in [0.25, 0.3) is 10.1 Å². The number of hydrogen-bond acceptors (Lipinski definition) is 3. The van der Waals surface area contributed by atoms with Crippen LogP contribution in [0.3, 0.4) is 0 Å². The summed E-state index contributed by atoms with van der Waals surface area (Å²) in [6, 6.07) is 9.73. The molecule has 0 heterocycles. The van der Waals surface area contributed by atoms with Gasteiger partial charge in [-0.3, -0.25) is 4.55 Å². The van der Waals surface area contributed by atoms with Crippen molar-refractivity contribution in [3.8, 4) is 0 Å². The summed E-state index contributed by atoms with van der Waals surface area (Å²) in [6.45, 7) is 4.46. The molecule has 5 heteroatoms. The normalized spacial score (nSPS) is 11.5. The molecule has 0 amide bonds. The average Bonchev–Trinajstić information content (AvgIpc) is 2.82. The van der Waals surface area contributed by atoms with E-state index in [2.05, 4.69) is 25.2 Å². The monoisotopic (exact) mass is 505 g/mol. The summed E-state index contributed by atoms with van der Waals surface area (Å²) in [4.78, 5) is 0.152. The van der Waals surface area contributed by atoms with E-state index >= 15 is 0 Å². The maximum atomic E-state index is 12.5. The number of hydrogen-bond donors (Lipinski definition) is 2. The van der Waals surface area contributed by atoms with Crippen molar-refractivity contribution in [1.82, 2.24) is 5.32 Å². The van der Waals surface area contributed by atoms with Crippen molar-refractivity contribution in [2.45, 2.75) is 121 Å². The van der Waals surface area contributed by atoms with Gasteiger partial charge < -0.3 is 5.32 Å². The van der Waals surface area contributed by atoms with Crippen molar-refractivity contribution in [1.29, 1.82) is 0 Å². The van der Waals surface area contributed by atoms with Crippen LogP contribution in [0.15, 0.2) is 35.2 Å². The molecule has 0 atom stereocenters. The molecule has 0 aliphatic carbocycles. The van der Waals surface area contributed by atoms with Gasteiger partial charge in [0.05, 0.1) is 0 Å². The zero-order valence-corrected chi connectivity index (χ0v) is 23.7. The zero-order valence-electron chi connectivity index (χ0n) is 22.9. The first-order valence-electron chi connectivity index (χ1n) is 14.0. The first-order chi connectivity index (χ1) is 16.9. The number of benzene rings is 2. The Labute approximate surface area is 216 Å². The summed E-state index contributed by atoms with van der Waals surface area (Å²) in [7, 11) is -0.533. The van der Waals surface area contributed by atoms with Crippen LogP contribution < -0.4 is 5.32 Å². The van der Waals surface area contributed by atoms with Gasteiger partial charge in [0.1, 0.15) is 4.90 Å². The second kappa shape index (κ2) is 18.8. The fraction of sp³-hybridized carbons (Fsp3) is 0.667. The van der Waals surface area contributed by atoms with Crippen molar-refractivity contribution in [2.24, 2.45) is 0 Å². The van der Waals surface area contributed by atoms with E-state index in [1.165, 1.54) is 70.6 Å². The Morgan fingerprint density at radius 1 is 0.714 bits per heavy atom.